The molecule has 3 aromatic carbocycles. The van der Waals surface area contributed by atoms with Crippen LogP contribution in [0.1, 0.15) is 35.8 Å². The van der Waals surface area contributed by atoms with Crippen LogP contribution in [0.4, 0.5) is 11.4 Å². The molecule has 0 fully saturated rings. The first-order valence-corrected chi connectivity index (χ1v) is 12.3. The highest BCUT2D eigenvalue weighted by Crippen LogP contribution is 2.50. The molecular formula is C28H20Cl2N4O3. The molecule has 5 rings (SSSR count). The van der Waals surface area contributed by atoms with Crippen LogP contribution in [0.3, 0.4) is 0 Å². The molecule has 0 amide bonds. The molecule has 1 heterocycles. The van der Waals surface area contributed by atoms with E-state index in [0.717, 1.165) is 5.56 Å². The second kappa shape index (κ2) is 9.74. The second-order valence-corrected chi connectivity index (χ2v) is 9.76. The maximum atomic E-state index is 13.9. The third-order valence-corrected chi connectivity index (χ3v) is 7.42. The van der Waals surface area contributed by atoms with E-state index < -0.39 is 10.8 Å². The van der Waals surface area contributed by atoms with E-state index in [1.54, 1.807) is 29.2 Å². The summed E-state index contributed by atoms with van der Waals surface area (Å²) in [6, 6.07) is 22.9. The number of nitrogens with zero attached hydrogens (tertiary/aromatic N) is 3. The number of benzene rings is 3. The van der Waals surface area contributed by atoms with Crippen molar-refractivity contribution in [1.29, 1.82) is 5.26 Å². The minimum atomic E-state index is -0.930. The SMILES string of the molecule is N#CC1=C(N)N(c2ccc(Cl)cc2)C2=C(C(=O)C[C@@H](c3ccccc3)C2)[C@@H]1c1cc([N+](=O)[O-])ccc1Cl. The molecule has 2 N–H and O–H groups in total. The predicted molar refractivity (Wildman–Crippen MR) is 142 cm³/mol. The van der Waals surface area contributed by atoms with Gasteiger partial charge in [0.15, 0.2) is 5.78 Å². The number of ketones is 1. The molecule has 37 heavy (non-hydrogen) atoms. The number of carbonyl (C=O) groups is 1. The number of halogens is 2. The molecule has 0 unspecified atom stereocenters. The number of nitrogens with two attached hydrogens (primary N) is 1. The van der Waals surface area contributed by atoms with Crippen LogP contribution in [-0.4, -0.2) is 10.7 Å². The van der Waals surface area contributed by atoms with Gasteiger partial charge < -0.3 is 5.73 Å². The van der Waals surface area contributed by atoms with Crippen molar-refractivity contribution in [2.75, 3.05) is 4.90 Å². The van der Waals surface area contributed by atoms with E-state index in [0.29, 0.717) is 34.0 Å². The highest BCUT2D eigenvalue weighted by Gasteiger charge is 2.43. The summed E-state index contributed by atoms with van der Waals surface area (Å²) in [7, 11) is 0. The standard InChI is InChI=1S/C28H20Cl2N4O3/c29-18-6-8-19(9-7-18)33-24-12-17(16-4-2-1-3-5-16)13-25(35)27(24)26(22(15-31)28(33)32)21-14-20(34(36)37)10-11-23(21)30/h1-11,14,17,26H,12-13,32H2/t17-,26+/m0/s1. The molecule has 184 valence electrons. The Morgan fingerprint density at radius 2 is 1.73 bits per heavy atom. The van der Waals surface area contributed by atoms with Crippen LogP contribution in [0.15, 0.2) is 95.5 Å². The Balaban J connectivity index is 1.76. The van der Waals surface area contributed by atoms with Gasteiger partial charge in [-0.1, -0.05) is 53.5 Å². The summed E-state index contributed by atoms with van der Waals surface area (Å²) in [5.74, 6) is -1.07. The van der Waals surface area contributed by atoms with Crippen molar-refractivity contribution < 1.29 is 9.72 Å². The van der Waals surface area contributed by atoms with Crippen LogP contribution in [0.5, 0.6) is 0 Å². The van der Waals surface area contributed by atoms with E-state index in [1.165, 1.54) is 18.2 Å². The highest BCUT2D eigenvalue weighted by atomic mass is 35.5. The van der Waals surface area contributed by atoms with Gasteiger partial charge in [0.25, 0.3) is 5.69 Å². The van der Waals surface area contributed by atoms with Crippen molar-refractivity contribution >= 4 is 40.4 Å². The van der Waals surface area contributed by atoms with Crippen LogP contribution in [0.25, 0.3) is 0 Å². The lowest BCUT2D eigenvalue weighted by atomic mass is 9.71. The fraction of sp³-hybridized carbons (Fsp3) is 0.143. The molecule has 1 aliphatic carbocycles. The number of anilines is 1. The van der Waals surface area contributed by atoms with Crippen molar-refractivity contribution in [2.45, 2.75) is 24.7 Å². The Morgan fingerprint density at radius 3 is 2.38 bits per heavy atom. The van der Waals surface area contributed by atoms with E-state index in [9.17, 15) is 20.2 Å². The third kappa shape index (κ3) is 4.35. The highest BCUT2D eigenvalue weighted by molar-refractivity contribution is 6.31. The zero-order valence-corrected chi connectivity index (χ0v) is 20.9. The molecule has 1 aliphatic heterocycles. The summed E-state index contributed by atoms with van der Waals surface area (Å²) in [5, 5.41) is 22.5. The van der Waals surface area contributed by atoms with E-state index in [1.807, 2.05) is 30.3 Å². The van der Waals surface area contributed by atoms with Crippen molar-refractivity contribution in [3.05, 3.63) is 127 Å². The minimum absolute atomic E-state index is 0.0996. The van der Waals surface area contributed by atoms with Crippen molar-refractivity contribution in [3.63, 3.8) is 0 Å². The summed E-state index contributed by atoms with van der Waals surface area (Å²) < 4.78 is 0. The zero-order valence-electron chi connectivity index (χ0n) is 19.4. The van der Waals surface area contributed by atoms with E-state index in [2.05, 4.69) is 6.07 Å². The molecule has 0 saturated heterocycles. The summed E-state index contributed by atoms with van der Waals surface area (Å²) in [6.45, 7) is 0. The van der Waals surface area contributed by atoms with Crippen molar-refractivity contribution in [3.8, 4) is 6.07 Å². The first-order valence-electron chi connectivity index (χ1n) is 11.5. The van der Waals surface area contributed by atoms with Crippen LogP contribution in [0.2, 0.25) is 10.0 Å². The van der Waals surface area contributed by atoms with Gasteiger partial charge in [0.1, 0.15) is 5.82 Å². The molecular weight excluding hydrogens is 511 g/mol. The van der Waals surface area contributed by atoms with E-state index >= 15 is 0 Å². The molecule has 0 bridgehead atoms. The van der Waals surface area contributed by atoms with Gasteiger partial charge >= 0.3 is 0 Å². The number of nitriles is 1. The normalized spacial score (nSPS) is 19.5. The lowest BCUT2D eigenvalue weighted by Crippen LogP contribution is -2.40. The molecule has 0 aromatic heterocycles. The third-order valence-electron chi connectivity index (χ3n) is 6.82. The quantitative estimate of drug-likeness (QED) is 0.300. The number of Topliss-reactive ketones (excluding diaryl/α,β-unsaturated/α-hetero) is 1. The number of carbonyl (C=O) groups excluding carboxylic acids is 1. The van der Waals surface area contributed by atoms with E-state index in [-0.39, 0.29) is 40.2 Å². The van der Waals surface area contributed by atoms with Gasteiger partial charge in [-0.05, 0) is 53.8 Å². The van der Waals surface area contributed by atoms with Crippen LogP contribution in [-0.2, 0) is 4.79 Å². The summed E-state index contributed by atoms with van der Waals surface area (Å²) in [4.78, 5) is 26.6. The van der Waals surface area contributed by atoms with Gasteiger partial charge in [0.05, 0.1) is 22.5 Å². The predicted octanol–water partition coefficient (Wildman–Crippen LogP) is 6.60. The Bertz CT molecular complexity index is 1530. The number of rotatable bonds is 4. The Kier molecular flexibility index (Phi) is 6.46. The molecule has 0 saturated carbocycles. The molecule has 7 nitrogen and oxygen atoms in total. The largest absolute Gasteiger partial charge is 0.384 e. The van der Waals surface area contributed by atoms with Crippen LogP contribution < -0.4 is 10.6 Å². The molecule has 0 spiro atoms. The average molecular weight is 531 g/mol. The van der Waals surface area contributed by atoms with Crippen LogP contribution in [0, 0.1) is 21.4 Å². The summed E-state index contributed by atoms with van der Waals surface area (Å²) in [5.41, 5.74) is 9.51. The van der Waals surface area contributed by atoms with Gasteiger partial charge in [-0.25, -0.2) is 0 Å². The Morgan fingerprint density at radius 1 is 1.03 bits per heavy atom. The number of non-ortho nitro benzene ring substituents is 1. The number of nitro groups is 1. The fourth-order valence-corrected chi connectivity index (χ4v) is 5.51. The van der Waals surface area contributed by atoms with Crippen molar-refractivity contribution in [1.82, 2.24) is 0 Å². The Labute approximate surface area is 223 Å². The lowest BCUT2D eigenvalue weighted by Gasteiger charge is -2.41. The monoisotopic (exact) mass is 530 g/mol. The number of nitro benzene ring substituents is 1. The zero-order chi connectivity index (χ0) is 26.3. The Hall–Kier alpha value is -4.12. The van der Waals surface area contributed by atoms with Gasteiger partial charge in [0.2, 0.25) is 0 Å². The molecule has 9 heteroatoms. The molecule has 2 aliphatic rings. The average Bonchev–Trinajstić information content (AvgIpc) is 2.89. The lowest BCUT2D eigenvalue weighted by molar-refractivity contribution is -0.384. The summed E-state index contributed by atoms with van der Waals surface area (Å²) in [6.07, 6.45) is 0.690. The first-order chi connectivity index (χ1) is 17.8. The smallest absolute Gasteiger partial charge is 0.269 e. The second-order valence-electron chi connectivity index (χ2n) is 8.92. The van der Waals surface area contributed by atoms with Gasteiger partial charge in [-0.2, -0.15) is 5.26 Å². The van der Waals surface area contributed by atoms with Gasteiger partial charge in [0, 0.05) is 45.6 Å². The molecule has 3 aromatic rings. The topological polar surface area (TPSA) is 113 Å². The minimum Gasteiger partial charge on any atom is -0.384 e. The summed E-state index contributed by atoms with van der Waals surface area (Å²) >= 11 is 12.6. The molecule has 2 atom stereocenters. The van der Waals surface area contributed by atoms with Gasteiger partial charge in [-0.15, -0.1) is 0 Å². The fourth-order valence-electron chi connectivity index (χ4n) is 5.15. The number of hydrogen-bond acceptors (Lipinski definition) is 6. The number of hydrogen-bond donors (Lipinski definition) is 1. The maximum absolute atomic E-state index is 13.9. The van der Waals surface area contributed by atoms with E-state index in [4.69, 9.17) is 28.9 Å². The molecule has 0 radical (unpaired) electrons. The number of allylic oxidation sites excluding steroid dienone is 3. The van der Waals surface area contributed by atoms with Crippen LogP contribution >= 0.6 is 23.2 Å². The van der Waals surface area contributed by atoms with Crippen molar-refractivity contribution in [2.24, 2.45) is 5.73 Å². The van der Waals surface area contributed by atoms with Gasteiger partial charge in [-0.3, -0.25) is 19.8 Å². The first kappa shape index (κ1) is 24.6. The maximum Gasteiger partial charge on any atom is 0.269 e.